The summed E-state index contributed by atoms with van der Waals surface area (Å²) in [7, 11) is 4.21. The highest BCUT2D eigenvalue weighted by Gasteiger charge is 2.42. The average molecular weight is 521 g/mol. The van der Waals surface area contributed by atoms with Crippen molar-refractivity contribution in [2.24, 2.45) is 5.92 Å². The van der Waals surface area contributed by atoms with Crippen LogP contribution in [0.4, 0.5) is 0 Å². The fourth-order valence-electron chi connectivity index (χ4n) is 5.31. The number of likely N-dealkylation sites (N-methyl/N-ethyl adjacent to an activating group) is 1. The van der Waals surface area contributed by atoms with E-state index in [-0.39, 0.29) is 24.8 Å². The molecule has 0 saturated carbocycles. The smallest absolute Gasteiger partial charge is 0.225 e. The first-order valence-corrected chi connectivity index (χ1v) is 13.6. The molecule has 0 spiro atoms. The lowest BCUT2D eigenvalue weighted by Gasteiger charge is -2.44. The van der Waals surface area contributed by atoms with Crippen molar-refractivity contribution in [3.05, 3.63) is 28.8 Å². The lowest BCUT2D eigenvalue weighted by atomic mass is 9.92. The summed E-state index contributed by atoms with van der Waals surface area (Å²) in [6, 6.07) is 5.54. The maximum Gasteiger partial charge on any atom is 0.225 e. The number of nitrogens with zero attached hydrogens (tertiary/aromatic N) is 4. The molecule has 200 valence electrons. The van der Waals surface area contributed by atoms with Crippen molar-refractivity contribution in [3.63, 3.8) is 0 Å². The predicted molar refractivity (Wildman–Crippen MR) is 140 cm³/mol. The molecule has 0 N–H and O–H groups in total. The molecular formula is C27H41ClN4O4. The van der Waals surface area contributed by atoms with Gasteiger partial charge in [-0.2, -0.15) is 0 Å². The molecule has 1 aromatic rings. The van der Waals surface area contributed by atoms with Crippen molar-refractivity contribution in [1.29, 1.82) is 0 Å². The van der Waals surface area contributed by atoms with Crippen molar-refractivity contribution < 1.29 is 19.1 Å². The van der Waals surface area contributed by atoms with Crippen LogP contribution in [0.1, 0.15) is 31.2 Å². The number of carbonyl (C=O) groups excluding carboxylic acids is 2. The predicted octanol–water partition coefficient (Wildman–Crippen LogP) is 2.52. The van der Waals surface area contributed by atoms with Gasteiger partial charge in [-0.15, -0.1) is 0 Å². The van der Waals surface area contributed by atoms with Crippen LogP contribution < -0.4 is 4.74 Å². The molecule has 3 saturated heterocycles. The minimum absolute atomic E-state index is 0.0589. The van der Waals surface area contributed by atoms with Crippen LogP contribution in [-0.2, 0) is 14.3 Å². The van der Waals surface area contributed by atoms with Crippen LogP contribution >= 0.6 is 11.6 Å². The number of likely N-dealkylation sites (tertiary alicyclic amines) is 1. The number of ether oxygens (including phenoxy) is 2. The van der Waals surface area contributed by atoms with E-state index in [1.54, 1.807) is 0 Å². The molecule has 2 amide bonds. The van der Waals surface area contributed by atoms with Crippen LogP contribution in [0.3, 0.4) is 0 Å². The molecule has 1 atom stereocenters. The van der Waals surface area contributed by atoms with E-state index in [9.17, 15) is 9.59 Å². The van der Waals surface area contributed by atoms with Gasteiger partial charge in [0.15, 0.2) is 0 Å². The molecule has 3 fully saturated rings. The summed E-state index contributed by atoms with van der Waals surface area (Å²) < 4.78 is 12.5. The van der Waals surface area contributed by atoms with Gasteiger partial charge in [-0.3, -0.25) is 9.59 Å². The van der Waals surface area contributed by atoms with E-state index in [2.05, 4.69) is 23.9 Å². The number of piperidine rings is 1. The molecule has 1 unspecified atom stereocenters. The Morgan fingerprint density at radius 3 is 2.39 bits per heavy atom. The van der Waals surface area contributed by atoms with Gasteiger partial charge < -0.3 is 29.1 Å². The molecule has 4 rings (SSSR count). The summed E-state index contributed by atoms with van der Waals surface area (Å²) in [6.07, 6.45) is 2.87. The molecule has 36 heavy (non-hydrogen) atoms. The Hall–Kier alpha value is -1.87. The Balaban J connectivity index is 1.45. The summed E-state index contributed by atoms with van der Waals surface area (Å²) >= 11 is 6.18. The van der Waals surface area contributed by atoms with Gasteiger partial charge in [0.2, 0.25) is 11.8 Å². The number of benzene rings is 1. The molecule has 1 aromatic carbocycles. The van der Waals surface area contributed by atoms with E-state index in [0.717, 1.165) is 44.6 Å². The highest BCUT2D eigenvalue weighted by atomic mass is 35.5. The van der Waals surface area contributed by atoms with Crippen LogP contribution in [0.2, 0.25) is 5.02 Å². The highest BCUT2D eigenvalue weighted by Crippen LogP contribution is 2.29. The summed E-state index contributed by atoms with van der Waals surface area (Å²) in [4.78, 5) is 35.0. The van der Waals surface area contributed by atoms with Gasteiger partial charge in [0.1, 0.15) is 18.0 Å². The topological polar surface area (TPSA) is 65.6 Å². The quantitative estimate of drug-likeness (QED) is 0.550. The van der Waals surface area contributed by atoms with E-state index in [0.29, 0.717) is 55.9 Å². The van der Waals surface area contributed by atoms with E-state index in [1.165, 1.54) is 0 Å². The lowest BCUT2D eigenvalue weighted by Crippen LogP contribution is -2.59. The number of hydrogen-bond donors (Lipinski definition) is 0. The highest BCUT2D eigenvalue weighted by molar-refractivity contribution is 6.31. The number of morpholine rings is 1. The van der Waals surface area contributed by atoms with Gasteiger partial charge in [-0.05, 0) is 76.6 Å². The Morgan fingerprint density at radius 2 is 1.69 bits per heavy atom. The summed E-state index contributed by atoms with van der Waals surface area (Å²) in [5.74, 6) is 1.32. The van der Waals surface area contributed by atoms with Crippen LogP contribution in [0.5, 0.6) is 5.75 Å². The average Bonchev–Trinajstić information content (AvgIpc) is 2.86. The molecule has 0 bridgehead atoms. The van der Waals surface area contributed by atoms with Gasteiger partial charge in [0.25, 0.3) is 0 Å². The molecule has 3 heterocycles. The van der Waals surface area contributed by atoms with Crippen LogP contribution in [0, 0.1) is 12.8 Å². The Kier molecular flexibility index (Phi) is 9.15. The Morgan fingerprint density at radius 1 is 1.00 bits per heavy atom. The summed E-state index contributed by atoms with van der Waals surface area (Å²) in [6.45, 7) is 8.68. The standard InChI is InChI=1S/C27H41ClN4O4/c1-21-16-23(4-5-24(21)28)35-20-27(18-26(34)31-12-10-30(3)11-13-31)19-32(14-15-36-27)25(33)17-22-6-8-29(2)9-7-22/h4-5,16,22H,6-15,17-20H2,1-3H3. The molecule has 3 aliphatic heterocycles. The van der Waals surface area contributed by atoms with Crippen LogP contribution in [0.25, 0.3) is 0 Å². The molecule has 8 nitrogen and oxygen atoms in total. The first kappa shape index (κ1) is 27.2. The number of aryl methyl sites for hydroxylation is 1. The second-order valence-corrected chi connectivity index (χ2v) is 11.3. The van der Waals surface area contributed by atoms with E-state index < -0.39 is 5.60 Å². The second kappa shape index (κ2) is 12.1. The fourth-order valence-corrected chi connectivity index (χ4v) is 5.43. The zero-order valence-corrected chi connectivity index (χ0v) is 22.8. The summed E-state index contributed by atoms with van der Waals surface area (Å²) in [5.41, 5.74) is 0.0468. The van der Waals surface area contributed by atoms with Crippen LogP contribution in [-0.4, -0.2) is 117 Å². The molecular weight excluding hydrogens is 480 g/mol. The molecule has 9 heteroatoms. The number of piperazine rings is 1. The number of hydrogen-bond acceptors (Lipinski definition) is 6. The molecule has 3 aliphatic rings. The monoisotopic (exact) mass is 520 g/mol. The molecule has 0 aliphatic carbocycles. The number of halogens is 1. The minimum Gasteiger partial charge on any atom is -0.490 e. The first-order chi connectivity index (χ1) is 17.2. The second-order valence-electron chi connectivity index (χ2n) is 10.9. The third kappa shape index (κ3) is 7.12. The van der Waals surface area contributed by atoms with Gasteiger partial charge in [0.05, 0.1) is 19.6 Å². The molecule has 0 radical (unpaired) electrons. The van der Waals surface area contributed by atoms with Gasteiger partial charge in [-0.25, -0.2) is 0 Å². The minimum atomic E-state index is -0.880. The third-order valence-corrected chi connectivity index (χ3v) is 8.29. The maximum atomic E-state index is 13.4. The van der Waals surface area contributed by atoms with Gasteiger partial charge >= 0.3 is 0 Å². The van der Waals surface area contributed by atoms with Gasteiger partial charge in [0, 0.05) is 44.2 Å². The van der Waals surface area contributed by atoms with Crippen molar-refractivity contribution in [3.8, 4) is 5.75 Å². The number of rotatable bonds is 7. The number of carbonyl (C=O) groups is 2. The van der Waals surface area contributed by atoms with Gasteiger partial charge in [-0.1, -0.05) is 11.6 Å². The van der Waals surface area contributed by atoms with Crippen LogP contribution in [0.15, 0.2) is 18.2 Å². The molecule has 0 aromatic heterocycles. The van der Waals surface area contributed by atoms with Crippen molar-refractivity contribution in [2.45, 2.75) is 38.2 Å². The van der Waals surface area contributed by atoms with Crippen molar-refractivity contribution >= 4 is 23.4 Å². The van der Waals surface area contributed by atoms with E-state index in [4.69, 9.17) is 21.1 Å². The fraction of sp³-hybridized carbons (Fsp3) is 0.704. The third-order valence-electron chi connectivity index (χ3n) is 7.86. The Bertz CT molecular complexity index is 915. The zero-order valence-electron chi connectivity index (χ0n) is 22.0. The summed E-state index contributed by atoms with van der Waals surface area (Å²) in [5, 5.41) is 0.682. The van der Waals surface area contributed by atoms with Crippen molar-refractivity contribution in [1.82, 2.24) is 19.6 Å². The van der Waals surface area contributed by atoms with E-state index >= 15 is 0 Å². The van der Waals surface area contributed by atoms with Crippen molar-refractivity contribution in [2.75, 3.05) is 79.7 Å². The Labute approximate surface area is 220 Å². The normalized spacial score (nSPS) is 24.7. The SMILES string of the molecule is Cc1cc(OCC2(CC(=O)N3CCN(C)CC3)CN(C(=O)CC3CCN(C)CC3)CCO2)ccc1Cl. The number of amides is 2. The first-order valence-electron chi connectivity index (χ1n) is 13.2. The maximum absolute atomic E-state index is 13.4. The van der Waals surface area contributed by atoms with E-state index in [1.807, 2.05) is 34.9 Å². The zero-order chi connectivity index (χ0) is 25.7. The largest absolute Gasteiger partial charge is 0.490 e. The lowest BCUT2D eigenvalue weighted by molar-refractivity contribution is -0.167.